The lowest BCUT2D eigenvalue weighted by Gasteiger charge is -2.22. The van der Waals surface area contributed by atoms with Crippen molar-refractivity contribution in [3.8, 4) is 17.0 Å². The summed E-state index contributed by atoms with van der Waals surface area (Å²) in [7, 11) is 1.93. The number of hydrogen-bond acceptors (Lipinski definition) is 5. The molecule has 1 saturated carbocycles. The molecule has 0 bridgehead atoms. The number of aromatic carboxylic acids is 1. The summed E-state index contributed by atoms with van der Waals surface area (Å²) in [5, 5.41) is 12.0. The molecule has 0 aliphatic heterocycles. The van der Waals surface area contributed by atoms with Crippen LogP contribution in [0.3, 0.4) is 0 Å². The van der Waals surface area contributed by atoms with Gasteiger partial charge in [0.15, 0.2) is 5.13 Å². The molecule has 1 heterocycles. The van der Waals surface area contributed by atoms with Crippen LogP contribution in [0.1, 0.15) is 59.5 Å². The average Bonchev–Trinajstić information content (AvgIpc) is 3.43. The number of aromatic nitrogens is 1. The Morgan fingerprint density at radius 3 is 2.33 bits per heavy atom. The van der Waals surface area contributed by atoms with Crippen molar-refractivity contribution in [1.29, 1.82) is 0 Å². The first-order valence-corrected chi connectivity index (χ1v) is 13.3. The third-order valence-corrected chi connectivity index (χ3v) is 7.81. The average molecular weight is 499 g/mol. The molecule has 5 nitrogen and oxygen atoms in total. The number of rotatable bonds is 8. The first kappa shape index (κ1) is 24.1. The van der Waals surface area contributed by atoms with Crippen molar-refractivity contribution in [3.63, 3.8) is 0 Å². The second-order valence-corrected chi connectivity index (χ2v) is 10.2. The van der Waals surface area contributed by atoms with Crippen LogP contribution in [0, 0.1) is 0 Å². The monoisotopic (exact) mass is 498 g/mol. The fraction of sp³-hybridized carbons (Fsp3) is 0.267. The van der Waals surface area contributed by atoms with E-state index in [1.54, 1.807) is 35.6 Å². The standard InChI is InChI=1S/C30H30N2O3S/c1-32(26-15-11-25(12-16-26)29(33)34)30-31-28(20-36-30)24-9-7-21(8-10-24)19-35-27-17-13-23(14-18-27)22-5-3-2-4-6-22/h7-18,20,22H,2-6,19H2,1H3,(H,33,34). The molecule has 1 aromatic heterocycles. The van der Waals surface area contributed by atoms with Gasteiger partial charge in [-0.15, -0.1) is 11.3 Å². The predicted octanol–water partition coefficient (Wildman–Crippen LogP) is 7.90. The minimum atomic E-state index is -0.929. The molecule has 6 heteroatoms. The van der Waals surface area contributed by atoms with E-state index in [-0.39, 0.29) is 5.56 Å². The highest BCUT2D eigenvalue weighted by Crippen LogP contribution is 2.34. The van der Waals surface area contributed by atoms with Gasteiger partial charge in [-0.25, -0.2) is 9.78 Å². The first-order chi connectivity index (χ1) is 17.6. The van der Waals surface area contributed by atoms with E-state index in [1.807, 2.05) is 17.3 Å². The summed E-state index contributed by atoms with van der Waals surface area (Å²) in [6.45, 7) is 0.528. The van der Waals surface area contributed by atoms with Gasteiger partial charge < -0.3 is 14.7 Å². The van der Waals surface area contributed by atoms with E-state index < -0.39 is 5.97 Å². The van der Waals surface area contributed by atoms with E-state index >= 15 is 0 Å². The fourth-order valence-corrected chi connectivity index (χ4v) is 5.52. The Hall–Kier alpha value is -3.64. The molecule has 5 rings (SSSR count). The Balaban J connectivity index is 1.18. The predicted molar refractivity (Wildman–Crippen MR) is 146 cm³/mol. The molecule has 4 aromatic rings. The molecular formula is C30H30N2O3S. The largest absolute Gasteiger partial charge is 0.489 e. The maximum absolute atomic E-state index is 11.1. The van der Waals surface area contributed by atoms with Crippen LogP contribution in [-0.2, 0) is 6.61 Å². The summed E-state index contributed by atoms with van der Waals surface area (Å²) in [6, 6.07) is 23.8. The van der Waals surface area contributed by atoms with Crippen molar-refractivity contribution >= 4 is 28.1 Å². The number of carbonyl (C=O) groups is 1. The van der Waals surface area contributed by atoms with E-state index in [0.29, 0.717) is 12.5 Å². The Morgan fingerprint density at radius 2 is 1.67 bits per heavy atom. The third kappa shape index (κ3) is 5.60. The van der Waals surface area contributed by atoms with Crippen molar-refractivity contribution < 1.29 is 14.6 Å². The first-order valence-electron chi connectivity index (χ1n) is 12.4. The normalized spacial score (nSPS) is 13.9. The number of carboxylic acids is 1. The molecule has 1 fully saturated rings. The SMILES string of the molecule is CN(c1ccc(C(=O)O)cc1)c1nc(-c2ccc(COc3ccc(C4CCCCC4)cc3)cc2)cs1. The van der Waals surface area contributed by atoms with E-state index in [1.165, 1.54) is 37.7 Å². The number of anilines is 2. The molecule has 0 radical (unpaired) electrons. The van der Waals surface area contributed by atoms with Gasteiger partial charge in [0.2, 0.25) is 0 Å². The number of ether oxygens (including phenoxy) is 1. The van der Waals surface area contributed by atoms with Crippen molar-refractivity contribution in [3.05, 3.63) is 94.9 Å². The maximum Gasteiger partial charge on any atom is 0.335 e. The van der Waals surface area contributed by atoms with E-state index in [0.717, 1.165) is 33.4 Å². The molecular weight excluding hydrogens is 468 g/mol. The lowest BCUT2D eigenvalue weighted by Crippen LogP contribution is -2.09. The minimum absolute atomic E-state index is 0.271. The number of thiazole rings is 1. The van der Waals surface area contributed by atoms with Gasteiger partial charge in [0.1, 0.15) is 12.4 Å². The highest BCUT2D eigenvalue weighted by Gasteiger charge is 2.15. The van der Waals surface area contributed by atoms with Crippen molar-refractivity contribution in [2.75, 3.05) is 11.9 Å². The molecule has 0 saturated heterocycles. The van der Waals surface area contributed by atoms with Gasteiger partial charge in [-0.3, -0.25) is 0 Å². The molecule has 0 spiro atoms. The smallest absolute Gasteiger partial charge is 0.335 e. The molecule has 0 atom stereocenters. The zero-order valence-corrected chi connectivity index (χ0v) is 21.2. The highest BCUT2D eigenvalue weighted by atomic mass is 32.1. The summed E-state index contributed by atoms with van der Waals surface area (Å²) in [5.41, 5.74) is 5.67. The van der Waals surface area contributed by atoms with E-state index in [9.17, 15) is 4.79 Å². The van der Waals surface area contributed by atoms with Crippen LogP contribution in [0.2, 0.25) is 0 Å². The second kappa shape index (κ2) is 11.0. The molecule has 3 aromatic carbocycles. The topological polar surface area (TPSA) is 62.7 Å². The lowest BCUT2D eigenvalue weighted by molar-refractivity contribution is 0.0697. The summed E-state index contributed by atoms with van der Waals surface area (Å²) >= 11 is 1.55. The molecule has 0 amide bonds. The van der Waals surface area contributed by atoms with Crippen LogP contribution in [0.5, 0.6) is 5.75 Å². The number of nitrogens with zero attached hydrogens (tertiary/aromatic N) is 2. The minimum Gasteiger partial charge on any atom is -0.489 e. The highest BCUT2D eigenvalue weighted by molar-refractivity contribution is 7.14. The van der Waals surface area contributed by atoms with Gasteiger partial charge >= 0.3 is 5.97 Å². The Kier molecular flexibility index (Phi) is 7.33. The molecule has 0 unspecified atom stereocenters. The van der Waals surface area contributed by atoms with Crippen molar-refractivity contribution in [2.24, 2.45) is 0 Å². The van der Waals surface area contributed by atoms with Crippen LogP contribution >= 0.6 is 11.3 Å². The van der Waals surface area contributed by atoms with Crippen LogP contribution in [0.4, 0.5) is 10.8 Å². The molecule has 1 aliphatic rings. The van der Waals surface area contributed by atoms with Crippen molar-refractivity contribution in [2.45, 2.75) is 44.6 Å². The molecule has 184 valence electrons. The molecule has 36 heavy (non-hydrogen) atoms. The fourth-order valence-electron chi connectivity index (χ4n) is 4.70. The third-order valence-electron chi connectivity index (χ3n) is 6.89. The van der Waals surface area contributed by atoms with Gasteiger partial charge in [0, 0.05) is 23.7 Å². The zero-order valence-electron chi connectivity index (χ0n) is 20.4. The van der Waals surface area contributed by atoms with E-state index in [2.05, 4.69) is 48.5 Å². The van der Waals surface area contributed by atoms with Gasteiger partial charge in [-0.1, -0.05) is 55.7 Å². The number of hydrogen-bond donors (Lipinski definition) is 1. The van der Waals surface area contributed by atoms with Crippen LogP contribution < -0.4 is 9.64 Å². The summed E-state index contributed by atoms with van der Waals surface area (Å²) in [4.78, 5) is 17.8. The van der Waals surface area contributed by atoms with Gasteiger partial charge in [0.05, 0.1) is 11.3 Å². The van der Waals surface area contributed by atoms with E-state index in [4.69, 9.17) is 14.8 Å². The zero-order chi connectivity index (χ0) is 24.9. The van der Waals surface area contributed by atoms with Gasteiger partial charge in [-0.2, -0.15) is 0 Å². The van der Waals surface area contributed by atoms with Gasteiger partial charge in [0.25, 0.3) is 0 Å². The van der Waals surface area contributed by atoms with Crippen LogP contribution in [0.15, 0.2) is 78.2 Å². The van der Waals surface area contributed by atoms with Crippen LogP contribution in [0.25, 0.3) is 11.3 Å². The molecule has 1 aliphatic carbocycles. The Labute approximate surface area is 216 Å². The Morgan fingerprint density at radius 1 is 0.972 bits per heavy atom. The summed E-state index contributed by atoms with van der Waals surface area (Å²) < 4.78 is 6.03. The molecule has 1 N–H and O–H groups in total. The quantitative estimate of drug-likeness (QED) is 0.267. The summed E-state index contributed by atoms with van der Waals surface area (Å²) in [5.74, 6) is 0.688. The summed E-state index contributed by atoms with van der Waals surface area (Å²) in [6.07, 6.45) is 6.69. The van der Waals surface area contributed by atoms with Crippen LogP contribution in [-0.4, -0.2) is 23.1 Å². The number of benzene rings is 3. The van der Waals surface area contributed by atoms with Gasteiger partial charge in [-0.05, 0) is 66.3 Å². The lowest BCUT2D eigenvalue weighted by atomic mass is 9.84. The Bertz CT molecular complexity index is 1290. The number of carboxylic acid groups (broad SMARTS) is 1. The second-order valence-electron chi connectivity index (χ2n) is 9.32. The maximum atomic E-state index is 11.1. The van der Waals surface area contributed by atoms with Crippen molar-refractivity contribution in [1.82, 2.24) is 4.98 Å².